The third kappa shape index (κ3) is 6.19. The SMILES string of the molecule is COc1ccccc1C(=O)NC(CCSC)C(=O)NC(C)c1ccc(F)c(F)c1. The molecule has 0 aliphatic carbocycles. The van der Waals surface area contributed by atoms with Gasteiger partial charge in [-0.1, -0.05) is 18.2 Å². The molecule has 0 radical (unpaired) electrons. The molecule has 2 aromatic carbocycles. The predicted octanol–water partition coefficient (Wildman–Crippen LogP) is 3.70. The molecule has 156 valence electrons. The summed E-state index contributed by atoms with van der Waals surface area (Å²) in [4.78, 5) is 25.4. The first-order valence-corrected chi connectivity index (χ1v) is 10.4. The highest BCUT2D eigenvalue weighted by Crippen LogP contribution is 2.19. The van der Waals surface area contributed by atoms with Crippen molar-refractivity contribution in [2.75, 3.05) is 19.1 Å². The Hall–Kier alpha value is -2.61. The van der Waals surface area contributed by atoms with Crippen LogP contribution in [0.15, 0.2) is 42.5 Å². The fraction of sp³-hybridized carbons (Fsp3) is 0.333. The number of nitrogens with one attached hydrogen (secondary N) is 2. The monoisotopic (exact) mass is 422 g/mol. The standard InChI is InChI=1S/C21H24F2N2O3S/c1-13(14-8-9-16(22)17(23)12-14)24-21(27)18(10-11-29-3)25-20(26)15-6-4-5-7-19(15)28-2/h4-9,12-13,18H,10-11H2,1-3H3,(H,24,27)(H,25,26). The average Bonchev–Trinajstić information content (AvgIpc) is 2.72. The fourth-order valence-corrected chi connectivity index (χ4v) is 3.22. The van der Waals surface area contributed by atoms with Crippen molar-refractivity contribution in [1.29, 1.82) is 0 Å². The second-order valence-electron chi connectivity index (χ2n) is 6.41. The number of ether oxygens (including phenoxy) is 1. The Morgan fingerprint density at radius 2 is 1.83 bits per heavy atom. The maximum absolute atomic E-state index is 13.5. The summed E-state index contributed by atoms with van der Waals surface area (Å²) in [5.74, 6) is -1.70. The third-order valence-electron chi connectivity index (χ3n) is 4.39. The quantitative estimate of drug-likeness (QED) is 0.647. The summed E-state index contributed by atoms with van der Waals surface area (Å²) in [5.41, 5.74) is 0.752. The average molecular weight is 422 g/mol. The van der Waals surface area contributed by atoms with E-state index in [1.54, 1.807) is 43.0 Å². The van der Waals surface area contributed by atoms with Crippen molar-refractivity contribution in [2.24, 2.45) is 0 Å². The highest BCUT2D eigenvalue weighted by molar-refractivity contribution is 7.98. The molecule has 2 unspecified atom stereocenters. The van der Waals surface area contributed by atoms with Gasteiger partial charge < -0.3 is 15.4 Å². The third-order valence-corrected chi connectivity index (χ3v) is 5.03. The number of amides is 2. The number of halogens is 2. The number of para-hydroxylation sites is 1. The fourth-order valence-electron chi connectivity index (χ4n) is 2.75. The second kappa shape index (κ2) is 10.8. The van der Waals surface area contributed by atoms with E-state index in [2.05, 4.69) is 10.6 Å². The van der Waals surface area contributed by atoms with Crippen molar-refractivity contribution < 1.29 is 23.1 Å². The molecule has 0 aliphatic heterocycles. The van der Waals surface area contributed by atoms with Gasteiger partial charge in [-0.2, -0.15) is 11.8 Å². The molecule has 0 saturated carbocycles. The molecule has 0 saturated heterocycles. The summed E-state index contributed by atoms with van der Waals surface area (Å²) in [6.07, 6.45) is 2.32. The summed E-state index contributed by atoms with van der Waals surface area (Å²) in [6.45, 7) is 1.66. The van der Waals surface area contributed by atoms with Gasteiger partial charge in [0.2, 0.25) is 5.91 Å². The Morgan fingerprint density at radius 3 is 2.48 bits per heavy atom. The maximum Gasteiger partial charge on any atom is 0.255 e. The van der Waals surface area contributed by atoms with Gasteiger partial charge in [-0.05, 0) is 55.2 Å². The Labute approximate surface area is 173 Å². The summed E-state index contributed by atoms with van der Waals surface area (Å²) in [6, 6.07) is 8.86. The van der Waals surface area contributed by atoms with Gasteiger partial charge in [0.1, 0.15) is 11.8 Å². The molecule has 2 rings (SSSR count). The summed E-state index contributed by atoms with van der Waals surface area (Å²) in [5, 5.41) is 5.50. The van der Waals surface area contributed by atoms with Crippen LogP contribution in [0.2, 0.25) is 0 Å². The molecule has 0 spiro atoms. The predicted molar refractivity (Wildman–Crippen MR) is 110 cm³/mol. The van der Waals surface area contributed by atoms with Gasteiger partial charge in [-0.15, -0.1) is 0 Å². The van der Waals surface area contributed by atoms with E-state index in [0.29, 0.717) is 29.1 Å². The Balaban J connectivity index is 2.12. The molecule has 0 aliphatic rings. The van der Waals surface area contributed by atoms with E-state index >= 15 is 0 Å². The number of carbonyl (C=O) groups is 2. The van der Waals surface area contributed by atoms with Crippen molar-refractivity contribution in [3.63, 3.8) is 0 Å². The lowest BCUT2D eigenvalue weighted by Gasteiger charge is -2.22. The van der Waals surface area contributed by atoms with Crippen LogP contribution in [0.1, 0.15) is 35.3 Å². The molecule has 0 aromatic heterocycles. The largest absolute Gasteiger partial charge is 0.496 e. The van der Waals surface area contributed by atoms with Gasteiger partial charge in [0.15, 0.2) is 11.6 Å². The molecular formula is C21H24F2N2O3S. The minimum Gasteiger partial charge on any atom is -0.496 e. The molecule has 0 fully saturated rings. The molecule has 0 bridgehead atoms. The number of thioether (sulfide) groups is 1. The van der Waals surface area contributed by atoms with Gasteiger partial charge in [-0.25, -0.2) is 8.78 Å². The van der Waals surface area contributed by atoms with Crippen LogP contribution < -0.4 is 15.4 Å². The van der Waals surface area contributed by atoms with Crippen molar-refractivity contribution in [3.8, 4) is 5.75 Å². The van der Waals surface area contributed by atoms with Crippen LogP contribution in [0.25, 0.3) is 0 Å². The summed E-state index contributed by atoms with van der Waals surface area (Å²) >= 11 is 1.55. The maximum atomic E-state index is 13.5. The van der Waals surface area contributed by atoms with Crippen LogP contribution in [-0.4, -0.2) is 37.0 Å². The number of methoxy groups -OCH3 is 1. The normalized spacial score (nSPS) is 12.7. The van der Waals surface area contributed by atoms with Crippen molar-refractivity contribution in [3.05, 3.63) is 65.2 Å². The van der Waals surface area contributed by atoms with Crippen molar-refractivity contribution in [1.82, 2.24) is 10.6 Å². The molecule has 8 heteroatoms. The van der Waals surface area contributed by atoms with E-state index in [0.717, 1.165) is 12.1 Å². The lowest BCUT2D eigenvalue weighted by molar-refractivity contribution is -0.123. The van der Waals surface area contributed by atoms with E-state index in [9.17, 15) is 18.4 Å². The van der Waals surface area contributed by atoms with Crippen LogP contribution >= 0.6 is 11.8 Å². The van der Waals surface area contributed by atoms with Crippen molar-refractivity contribution >= 4 is 23.6 Å². The highest BCUT2D eigenvalue weighted by atomic mass is 32.2. The Morgan fingerprint density at radius 1 is 1.10 bits per heavy atom. The minimum absolute atomic E-state index is 0.325. The smallest absolute Gasteiger partial charge is 0.255 e. The van der Waals surface area contributed by atoms with E-state index in [4.69, 9.17) is 4.74 Å². The number of rotatable bonds is 9. The zero-order valence-electron chi connectivity index (χ0n) is 16.5. The Kier molecular flexibility index (Phi) is 8.45. The summed E-state index contributed by atoms with van der Waals surface area (Å²) < 4.78 is 31.8. The Bertz CT molecular complexity index is 864. The zero-order chi connectivity index (χ0) is 21.4. The lowest BCUT2D eigenvalue weighted by Crippen LogP contribution is -2.47. The summed E-state index contributed by atoms with van der Waals surface area (Å²) in [7, 11) is 1.47. The van der Waals surface area contributed by atoms with Crippen LogP contribution in [0.3, 0.4) is 0 Å². The molecule has 2 amide bonds. The van der Waals surface area contributed by atoms with Gasteiger partial charge in [-0.3, -0.25) is 9.59 Å². The van der Waals surface area contributed by atoms with Gasteiger partial charge in [0, 0.05) is 0 Å². The molecule has 2 atom stereocenters. The molecule has 5 nitrogen and oxygen atoms in total. The minimum atomic E-state index is -0.980. The zero-order valence-corrected chi connectivity index (χ0v) is 17.3. The number of hydrogen-bond acceptors (Lipinski definition) is 4. The number of carbonyl (C=O) groups excluding carboxylic acids is 2. The van der Waals surface area contributed by atoms with Crippen LogP contribution in [-0.2, 0) is 4.79 Å². The van der Waals surface area contributed by atoms with E-state index in [1.165, 1.54) is 13.2 Å². The van der Waals surface area contributed by atoms with Gasteiger partial charge >= 0.3 is 0 Å². The topological polar surface area (TPSA) is 67.4 Å². The van der Waals surface area contributed by atoms with E-state index in [1.807, 2.05) is 6.26 Å². The molecule has 29 heavy (non-hydrogen) atoms. The second-order valence-corrected chi connectivity index (χ2v) is 7.40. The van der Waals surface area contributed by atoms with E-state index < -0.39 is 35.5 Å². The molecule has 0 heterocycles. The first kappa shape index (κ1) is 22.7. The van der Waals surface area contributed by atoms with E-state index in [-0.39, 0.29) is 0 Å². The first-order chi connectivity index (χ1) is 13.9. The number of benzene rings is 2. The first-order valence-electron chi connectivity index (χ1n) is 9.05. The van der Waals surface area contributed by atoms with Gasteiger partial charge in [0.05, 0.1) is 18.7 Å². The molecule has 2 aromatic rings. The number of hydrogen-bond donors (Lipinski definition) is 2. The highest BCUT2D eigenvalue weighted by Gasteiger charge is 2.24. The van der Waals surface area contributed by atoms with Crippen molar-refractivity contribution in [2.45, 2.75) is 25.4 Å². The van der Waals surface area contributed by atoms with Crippen LogP contribution in [0.5, 0.6) is 5.75 Å². The molecular weight excluding hydrogens is 398 g/mol. The van der Waals surface area contributed by atoms with Crippen LogP contribution in [0, 0.1) is 11.6 Å². The molecule has 2 N–H and O–H groups in total. The van der Waals surface area contributed by atoms with Gasteiger partial charge in [0.25, 0.3) is 5.91 Å². The lowest BCUT2D eigenvalue weighted by atomic mass is 10.1. The van der Waals surface area contributed by atoms with Crippen LogP contribution in [0.4, 0.5) is 8.78 Å².